The second-order valence-corrected chi connectivity index (χ2v) is 11.6. The van der Waals surface area contributed by atoms with Crippen LogP contribution in [0.5, 0.6) is 0 Å². The van der Waals surface area contributed by atoms with Gasteiger partial charge in [0.1, 0.15) is 0 Å². The Morgan fingerprint density at radius 1 is 1.17 bits per heavy atom. The second-order valence-electron chi connectivity index (χ2n) is 11.6. The van der Waals surface area contributed by atoms with E-state index in [2.05, 4.69) is 29.4 Å². The minimum Gasteiger partial charge on any atom is -0.392 e. The van der Waals surface area contributed by atoms with E-state index < -0.39 is 6.10 Å². The van der Waals surface area contributed by atoms with Crippen molar-refractivity contribution in [1.29, 1.82) is 0 Å². The van der Waals surface area contributed by atoms with Gasteiger partial charge in [0, 0.05) is 38.1 Å². The van der Waals surface area contributed by atoms with Crippen LogP contribution in [-0.2, 0) is 20.7 Å². The Kier molecular flexibility index (Phi) is 9.07. The number of nitrogens with zero attached hydrogens (tertiary/aromatic N) is 1. The Morgan fingerprint density at radius 2 is 1.86 bits per heavy atom. The van der Waals surface area contributed by atoms with Gasteiger partial charge in [0.15, 0.2) is 0 Å². The zero-order valence-corrected chi connectivity index (χ0v) is 22.2. The SMILES string of the molecule is C[C@H]1[C@@H]2[C@@H](O)C([C@H](C)C(=O)NCCN3CCOCC3)CC[C@@]2(C)CC[C@@H]1NC(=O)Cc1ccccc1. The van der Waals surface area contributed by atoms with Crippen molar-refractivity contribution < 1.29 is 19.4 Å². The van der Waals surface area contributed by atoms with E-state index in [-0.39, 0.29) is 46.9 Å². The number of fused-ring (bicyclic) bond motifs is 1. The number of rotatable bonds is 8. The monoisotopic (exact) mass is 499 g/mol. The zero-order valence-electron chi connectivity index (χ0n) is 22.2. The van der Waals surface area contributed by atoms with E-state index in [9.17, 15) is 14.7 Å². The predicted molar refractivity (Wildman–Crippen MR) is 140 cm³/mol. The van der Waals surface area contributed by atoms with E-state index in [0.29, 0.717) is 13.0 Å². The molecule has 1 aromatic carbocycles. The number of ether oxygens (including phenoxy) is 1. The van der Waals surface area contributed by atoms with Gasteiger partial charge in [-0.1, -0.05) is 51.1 Å². The molecule has 4 rings (SSSR count). The fraction of sp³-hybridized carbons (Fsp3) is 0.724. The maximum absolute atomic E-state index is 13.0. The summed E-state index contributed by atoms with van der Waals surface area (Å²) in [6.07, 6.45) is 3.63. The third-order valence-electron chi connectivity index (χ3n) is 9.33. The number of carbonyl (C=O) groups excluding carboxylic acids is 2. The number of amides is 2. The zero-order chi connectivity index (χ0) is 25.7. The molecule has 3 aliphatic rings. The molecule has 2 aliphatic carbocycles. The van der Waals surface area contributed by atoms with Crippen molar-refractivity contribution in [2.24, 2.45) is 29.1 Å². The lowest BCUT2D eigenvalue weighted by Gasteiger charge is -2.56. The van der Waals surface area contributed by atoms with Gasteiger partial charge in [-0.05, 0) is 54.4 Å². The number of carbonyl (C=O) groups is 2. The molecule has 3 N–H and O–H groups in total. The first-order valence-corrected chi connectivity index (χ1v) is 13.9. The lowest BCUT2D eigenvalue weighted by molar-refractivity contribution is -0.143. The molecule has 1 saturated heterocycles. The van der Waals surface area contributed by atoms with Gasteiger partial charge in [-0.2, -0.15) is 0 Å². The number of aliphatic hydroxyl groups excluding tert-OH is 1. The van der Waals surface area contributed by atoms with E-state index >= 15 is 0 Å². The van der Waals surface area contributed by atoms with Crippen molar-refractivity contribution >= 4 is 11.8 Å². The highest BCUT2D eigenvalue weighted by Gasteiger charge is 2.53. The summed E-state index contributed by atoms with van der Waals surface area (Å²) in [7, 11) is 0. The molecule has 1 aliphatic heterocycles. The molecule has 1 heterocycles. The van der Waals surface area contributed by atoms with Crippen molar-refractivity contribution in [2.45, 2.75) is 65.0 Å². The highest BCUT2D eigenvalue weighted by atomic mass is 16.5. The van der Waals surface area contributed by atoms with E-state index in [1.165, 1.54) is 0 Å². The molecule has 1 unspecified atom stereocenters. The summed E-state index contributed by atoms with van der Waals surface area (Å²) in [5, 5.41) is 18.0. The first-order chi connectivity index (χ1) is 17.3. The molecule has 0 bridgehead atoms. The summed E-state index contributed by atoms with van der Waals surface area (Å²) < 4.78 is 5.39. The molecular weight excluding hydrogens is 454 g/mol. The van der Waals surface area contributed by atoms with Gasteiger partial charge in [0.05, 0.1) is 25.7 Å². The van der Waals surface area contributed by atoms with E-state index in [1.807, 2.05) is 37.3 Å². The third-order valence-corrected chi connectivity index (χ3v) is 9.33. The molecule has 2 saturated carbocycles. The second kappa shape index (κ2) is 12.1. The minimum absolute atomic E-state index is 0.0343. The van der Waals surface area contributed by atoms with Gasteiger partial charge < -0.3 is 20.5 Å². The fourth-order valence-corrected chi connectivity index (χ4v) is 7.05. The Hall–Kier alpha value is -1.96. The van der Waals surface area contributed by atoms with Gasteiger partial charge >= 0.3 is 0 Å². The Bertz CT molecular complexity index is 875. The summed E-state index contributed by atoms with van der Waals surface area (Å²) in [5.74, 6) is -0.0146. The number of aliphatic hydroxyl groups is 1. The molecule has 1 aromatic rings. The molecule has 0 spiro atoms. The van der Waals surface area contributed by atoms with Crippen molar-refractivity contribution in [3.63, 3.8) is 0 Å². The van der Waals surface area contributed by atoms with Crippen molar-refractivity contribution in [2.75, 3.05) is 39.4 Å². The van der Waals surface area contributed by atoms with Crippen LogP contribution < -0.4 is 10.6 Å². The summed E-state index contributed by atoms with van der Waals surface area (Å²) in [6, 6.07) is 9.86. The Labute approximate surface area is 216 Å². The molecule has 36 heavy (non-hydrogen) atoms. The number of hydrogen-bond acceptors (Lipinski definition) is 5. The van der Waals surface area contributed by atoms with Crippen LogP contribution in [0.1, 0.15) is 52.0 Å². The van der Waals surface area contributed by atoms with Crippen LogP contribution in [-0.4, -0.2) is 73.4 Å². The lowest BCUT2D eigenvalue weighted by atomic mass is 9.51. The third kappa shape index (κ3) is 6.29. The maximum Gasteiger partial charge on any atom is 0.224 e. The standard InChI is InChI=1S/C29H45N3O4/c1-20(28(35)30-13-14-32-15-17-36-18-16-32)23-9-11-29(3)12-10-24(21(2)26(29)27(23)34)31-25(33)19-22-7-5-4-6-8-22/h4-8,20-21,23-24,26-27,34H,9-19H2,1-3H3,(H,30,35)(H,31,33)/t20-,21+,23?,24-,26+,27-,29-/m0/s1. The van der Waals surface area contributed by atoms with Crippen molar-refractivity contribution in [1.82, 2.24) is 15.5 Å². The van der Waals surface area contributed by atoms with Crippen molar-refractivity contribution in [3.05, 3.63) is 35.9 Å². The highest BCUT2D eigenvalue weighted by molar-refractivity contribution is 5.79. The summed E-state index contributed by atoms with van der Waals surface area (Å²) in [5.41, 5.74) is 1.05. The van der Waals surface area contributed by atoms with Gasteiger partial charge in [0.2, 0.25) is 11.8 Å². The van der Waals surface area contributed by atoms with E-state index in [0.717, 1.165) is 64.1 Å². The average molecular weight is 500 g/mol. The van der Waals surface area contributed by atoms with E-state index in [4.69, 9.17) is 4.74 Å². The van der Waals surface area contributed by atoms with Gasteiger partial charge in [0.25, 0.3) is 0 Å². The quantitative estimate of drug-likeness (QED) is 0.512. The van der Waals surface area contributed by atoms with Crippen LogP contribution in [0.25, 0.3) is 0 Å². The van der Waals surface area contributed by atoms with Crippen LogP contribution >= 0.6 is 0 Å². The molecule has 3 fully saturated rings. The largest absolute Gasteiger partial charge is 0.392 e. The average Bonchev–Trinajstić information content (AvgIpc) is 2.87. The van der Waals surface area contributed by atoms with Crippen LogP contribution in [0, 0.1) is 29.1 Å². The molecule has 0 aromatic heterocycles. The Morgan fingerprint density at radius 3 is 2.58 bits per heavy atom. The summed E-state index contributed by atoms with van der Waals surface area (Å²) >= 11 is 0. The Balaban J connectivity index is 1.33. The molecule has 0 radical (unpaired) electrons. The topological polar surface area (TPSA) is 90.9 Å². The van der Waals surface area contributed by atoms with Gasteiger partial charge in [-0.15, -0.1) is 0 Å². The van der Waals surface area contributed by atoms with Crippen LogP contribution in [0.2, 0.25) is 0 Å². The van der Waals surface area contributed by atoms with Crippen LogP contribution in [0.3, 0.4) is 0 Å². The summed E-state index contributed by atoms with van der Waals surface area (Å²) in [6.45, 7) is 11.2. The first-order valence-electron chi connectivity index (χ1n) is 13.9. The molecule has 200 valence electrons. The molecule has 2 amide bonds. The molecule has 7 heteroatoms. The van der Waals surface area contributed by atoms with E-state index in [1.54, 1.807) is 0 Å². The minimum atomic E-state index is -0.549. The number of benzene rings is 1. The predicted octanol–water partition coefficient (Wildman–Crippen LogP) is 2.62. The molecule has 7 nitrogen and oxygen atoms in total. The van der Waals surface area contributed by atoms with Gasteiger partial charge in [-0.25, -0.2) is 0 Å². The normalized spacial score (nSPS) is 33.8. The summed E-state index contributed by atoms with van der Waals surface area (Å²) in [4.78, 5) is 28.1. The lowest BCUT2D eigenvalue weighted by Crippen LogP contribution is -2.58. The van der Waals surface area contributed by atoms with Gasteiger partial charge in [-0.3, -0.25) is 14.5 Å². The van der Waals surface area contributed by atoms with Crippen molar-refractivity contribution in [3.8, 4) is 0 Å². The number of morpholine rings is 1. The first kappa shape index (κ1) is 27.1. The maximum atomic E-state index is 13.0. The highest BCUT2D eigenvalue weighted by Crippen LogP contribution is 2.55. The van der Waals surface area contributed by atoms with Crippen LogP contribution in [0.15, 0.2) is 30.3 Å². The van der Waals surface area contributed by atoms with Crippen LogP contribution in [0.4, 0.5) is 0 Å². The number of nitrogens with one attached hydrogen (secondary N) is 2. The smallest absolute Gasteiger partial charge is 0.224 e. The number of hydrogen-bond donors (Lipinski definition) is 3. The molecular formula is C29H45N3O4. The fourth-order valence-electron chi connectivity index (χ4n) is 7.05. The molecule has 7 atom stereocenters.